The molecule has 5 heteroatoms. The molecular formula is C13H19N3O2. The number of nitrogens with zero attached hydrogens (tertiary/aromatic N) is 1. The lowest BCUT2D eigenvalue weighted by molar-refractivity contribution is -0.135. The van der Waals surface area contributed by atoms with Crippen molar-refractivity contribution in [3.05, 3.63) is 30.3 Å². The van der Waals surface area contributed by atoms with Crippen LogP contribution in [0.2, 0.25) is 0 Å². The average Bonchev–Trinajstić information content (AvgIpc) is 2.34. The number of amides is 2. The number of nitrogens with one attached hydrogen (secondary N) is 1. The highest BCUT2D eigenvalue weighted by Gasteiger charge is 2.18. The van der Waals surface area contributed by atoms with Gasteiger partial charge in [-0.05, 0) is 26.0 Å². The van der Waals surface area contributed by atoms with Crippen LogP contribution in [0.5, 0.6) is 0 Å². The van der Waals surface area contributed by atoms with Crippen molar-refractivity contribution < 1.29 is 9.59 Å². The lowest BCUT2D eigenvalue weighted by Gasteiger charge is -2.25. The van der Waals surface area contributed by atoms with Crippen molar-refractivity contribution in [2.75, 3.05) is 18.4 Å². The van der Waals surface area contributed by atoms with Gasteiger partial charge in [-0.3, -0.25) is 9.59 Å². The third kappa shape index (κ3) is 4.45. The summed E-state index contributed by atoms with van der Waals surface area (Å²) in [7, 11) is 0. The summed E-state index contributed by atoms with van der Waals surface area (Å²) in [5.74, 6) is -0.649. The fraction of sp³-hybridized carbons (Fsp3) is 0.385. The van der Waals surface area contributed by atoms with E-state index in [1.807, 2.05) is 44.2 Å². The van der Waals surface area contributed by atoms with Gasteiger partial charge in [-0.15, -0.1) is 0 Å². The fourth-order valence-corrected chi connectivity index (χ4v) is 1.56. The summed E-state index contributed by atoms with van der Waals surface area (Å²) < 4.78 is 0. The largest absolute Gasteiger partial charge is 0.376 e. The number of benzene rings is 1. The minimum Gasteiger partial charge on any atom is -0.376 e. The van der Waals surface area contributed by atoms with Gasteiger partial charge in [-0.2, -0.15) is 0 Å². The summed E-state index contributed by atoms with van der Waals surface area (Å²) in [5.41, 5.74) is 5.99. The second kappa shape index (κ2) is 6.64. The van der Waals surface area contributed by atoms with Crippen molar-refractivity contribution in [2.24, 2.45) is 5.73 Å². The lowest BCUT2D eigenvalue weighted by Crippen LogP contribution is -2.45. The predicted molar refractivity (Wildman–Crippen MR) is 71.0 cm³/mol. The van der Waals surface area contributed by atoms with Crippen molar-refractivity contribution in [1.29, 1.82) is 0 Å². The molecule has 1 aromatic rings. The molecule has 0 bridgehead atoms. The quantitative estimate of drug-likeness (QED) is 0.783. The van der Waals surface area contributed by atoms with E-state index in [4.69, 9.17) is 5.73 Å². The van der Waals surface area contributed by atoms with Crippen LogP contribution in [0.3, 0.4) is 0 Å². The Bertz CT molecular complexity index is 404. The van der Waals surface area contributed by atoms with E-state index in [0.29, 0.717) is 0 Å². The molecule has 3 N–H and O–H groups in total. The van der Waals surface area contributed by atoms with Crippen LogP contribution in [0.4, 0.5) is 5.69 Å². The summed E-state index contributed by atoms with van der Waals surface area (Å²) in [6.45, 7) is 3.80. The van der Waals surface area contributed by atoms with E-state index in [9.17, 15) is 9.59 Å². The smallest absolute Gasteiger partial charge is 0.242 e. The molecule has 0 radical (unpaired) electrons. The lowest BCUT2D eigenvalue weighted by atomic mass is 10.3. The molecule has 5 nitrogen and oxygen atoms in total. The number of anilines is 1. The van der Waals surface area contributed by atoms with E-state index in [1.54, 1.807) is 0 Å². The van der Waals surface area contributed by atoms with E-state index in [2.05, 4.69) is 5.32 Å². The Morgan fingerprint density at radius 1 is 1.28 bits per heavy atom. The van der Waals surface area contributed by atoms with Crippen LogP contribution in [0.15, 0.2) is 30.3 Å². The number of primary amides is 1. The Labute approximate surface area is 107 Å². The Balaban J connectivity index is 2.54. The molecule has 0 heterocycles. The third-order valence-corrected chi connectivity index (χ3v) is 2.49. The van der Waals surface area contributed by atoms with Crippen LogP contribution in [-0.2, 0) is 9.59 Å². The zero-order valence-electron chi connectivity index (χ0n) is 10.7. The molecule has 18 heavy (non-hydrogen) atoms. The molecule has 2 amide bonds. The van der Waals surface area contributed by atoms with Crippen molar-refractivity contribution in [1.82, 2.24) is 4.90 Å². The molecule has 0 aromatic heterocycles. The van der Waals surface area contributed by atoms with Crippen LogP contribution in [0.1, 0.15) is 13.8 Å². The SMILES string of the molecule is CC(C)N(CC(N)=O)C(=O)CNc1ccccc1. The highest BCUT2D eigenvalue weighted by Crippen LogP contribution is 2.05. The van der Waals surface area contributed by atoms with Crippen LogP contribution < -0.4 is 11.1 Å². The molecule has 0 atom stereocenters. The minimum absolute atomic E-state index is 0.0486. The van der Waals surface area contributed by atoms with Gasteiger partial charge in [-0.25, -0.2) is 0 Å². The van der Waals surface area contributed by atoms with Gasteiger partial charge in [-0.1, -0.05) is 18.2 Å². The molecule has 0 saturated heterocycles. The summed E-state index contributed by atoms with van der Waals surface area (Å²) >= 11 is 0. The molecule has 0 saturated carbocycles. The van der Waals surface area contributed by atoms with Crippen LogP contribution in [0, 0.1) is 0 Å². The van der Waals surface area contributed by atoms with Gasteiger partial charge in [0, 0.05) is 11.7 Å². The number of hydrogen-bond acceptors (Lipinski definition) is 3. The molecule has 1 rings (SSSR count). The highest BCUT2D eigenvalue weighted by atomic mass is 16.2. The summed E-state index contributed by atoms with van der Waals surface area (Å²) in [4.78, 5) is 24.3. The van der Waals surface area contributed by atoms with Crippen LogP contribution in [-0.4, -0.2) is 35.8 Å². The Morgan fingerprint density at radius 3 is 2.39 bits per heavy atom. The van der Waals surface area contributed by atoms with Crippen molar-refractivity contribution in [2.45, 2.75) is 19.9 Å². The number of carbonyl (C=O) groups excluding carboxylic acids is 2. The van der Waals surface area contributed by atoms with Gasteiger partial charge in [0.1, 0.15) is 0 Å². The summed E-state index contributed by atoms with van der Waals surface area (Å²) in [6, 6.07) is 9.37. The normalized spacial score (nSPS) is 10.2. The predicted octanol–water partition coefficient (Wildman–Crippen LogP) is 0.821. The van der Waals surface area contributed by atoms with E-state index in [0.717, 1.165) is 5.69 Å². The molecule has 0 aliphatic rings. The van der Waals surface area contributed by atoms with Gasteiger partial charge in [0.2, 0.25) is 11.8 Å². The summed E-state index contributed by atoms with van der Waals surface area (Å²) in [5, 5.41) is 3.01. The molecular weight excluding hydrogens is 230 g/mol. The first-order chi connectivity index (χ1) is 8.50. The molecule has 0 aliphatic heterocycles. The molecule has 0 spiro atoms. The zero-order valence-corrected chi connectivity index (χ0v) is 10.7. The second-order valence-corrected chi connectivity index (χ2v) is 4.30. The third-order valence-electron chi connectivity index (χ3n) is 2.49. The van der Waals surface area contributed by atoms with Crippen molar-refractivity contribution in [3.63, 3.8) is 0 Å². The van der Waals surface area contributed by atoms with Crippen molar-refractivity contribution in [3.8, 4) is 0 Å². The fourth-order valence-electron chi connectivity index (χ4n) is 1.56. The number of nitrogens with two attached hydrogens (primary N) is 1. The Morgan fingerprint density at radius 2 is 1.89 bits per heavy atom. The number of hydrogen-bond donors (Lipinski definition) is 2. The highest BCUT2D eigenvalue weighted by molar-refractivity contribution is 5.86. The molecule has 0 aliphatic carbocycles. The second-order valence-electron chi connectivity index (χ2n) is 4.30. The topological polar surface area (TPSA) is 75.4 Å². The number of carbonyl (C=O) groups is 2. The van der Waals surface area contributed by atoms with E-state index in [-0.39, 0.29) is 25.0 Å². The first-order valence-corrected chi connectivity index (χ1v) is 5.87. The van der Waals surface area contributed by atoms with E-state index >= 15 is 0 Å². The van der Waals surface area contributed by atoms with Crippen LogP contribution in [0.25, 0.3) is 0 Å². The molecule has 0 fully saturated rings. The molecule has 0 unspecified atom stereocenters. The van der Waals surface area contributed by atoms with E-state index < -0.39 is 5.91 Å². The van der Waals surface area contributed by atoms with Gasteiger partial charge < -0.3 is 16.0 Å². The maximum Gasteiger partial charge on any atom is 0.242 e. The molecule has 98 valence electrons. The Hall–Kier alpha value is -2.04. The van der Waals surface area contributed by atoms with Gasteiger partial charge in [0.05, 0.1) is 13.1 Å². The standard InChI is InChI=1S/C13H19N3O2/c1-10(2)16(9-12(14)17)13(18)8-15-11-6-4-3-5-7-11/h3-7,10,15H,8-9H2,1-2H3,(H2,14,17). The van der Waals surface area contributed by atoms with E-state index in [1.165, 1.54) is 4.90 Å². The maximum absolute atomic E-state index is 11.9. The van der Waals surface area contributed by atoms with Gasteiger partial charge in [0.15, 0.2) is 0 Å². The average molecular weight is 249 g/mol. The number of rotatable bonds is 6. The maximum atomic E-state index is 11.9. The number of para-hydroxylation sites is 1. The van der Waals surface area contributed by atoms with Gasteiger partial charge in [0.25, 0.3) is 0 Å². The first-order valence-electron chi connectivity index (χ1n) is 5.87. The monoisotopic (exact) mass is 249 g/mol. The van der Waals surface area contributed by atoms with Gasteiger partial charge >= 0.3 is 0 Å². The molecule has 1 aromatic carbocycles. The Kier molecular flexibility index (Phi) is 5.17. The minimum atomic E-state index is -0.503. The van der Waals surface area contributed by atoms with Crippen LogP contribution >= 0.6 is 0 Å². The first kappa shape index (κ1) is 14.0. The summed E-state index contributed by atoms with van der Waals surface area (Å²) in [6.07, 6.45) is 0. The van der Waals surface area contributed by atoms with Crippen molar-refractivity contribution >= 4 is 17.5 Å². The zero-order chi connectivity index (χ0) is 13.5.